The zero-order valence-electron chi connectivity index (χ0n) is 15.1. The Balaban J connectivity index is 2.02. The van der Waals surface area contributed by atoms with E-state index in [0.717, 1.165) is 0 Å². The average molecular weight is 336 g/mol. The Bertz CT molecular complexity index is 531. The highest BCUT2D eigenvalue weighted by Gasteiger charge is 2.20. The Hall–Kier alpha value is -1.95. The lowest BCUT2D eigenvalue weighted by Crippen LogP contribution is -2.39. The van der Waals surface area contributed by atoms with Crippen LogP contribution in [0.15, 0.2) is 12.1 Å². The fraction of sp³-hybridized carbons (Fsp3) is 0.611. The molecular formula is C18H28N2O4. The molecule has 0 bridgehead atoms. The molecule has 0 unspecified atom stereocenters. The molecule has 1 aliphatic carbocycles. The summed E-state index contributed by atoms with van der Waals surface area (Å²) < 4.78 is 15.9. The molecule has 1 N–H and O–H groups in total. The minimum atomic E-state index is -0.0441. The van der Waals surface area contributed by atoms with Crippen molar-refractivity contribution in [3.8, 4) is 17.2 Å². The molecule has 134 valence electrons. The largest absolute Gasteiger partial charge is 0.493 e. The highest BCUT2D eigenvalue weighted by atomic mass is 16.5. The summed E-state index contributed by atoms with van der Waals surface area (Å²) >= 11 is 0. The van der Waals surface area contributed by atoms with Crippen LogP contribution in [-0.2, 0) is 4.79 Å². The zero-order chi connectivity index (χ0) is 17.5. The Kier molecular flexibility index (Phi) is 6.73. The van der Waals surface area contributed by atoms with Crippen molar-refractivity contribution in [2.75, 3.05) is 40.2 Å². The van der Waals surface area contributed by atoms with E-state index in [9.17, 15) is 4.79 Å². The quantitative estimate of drug-likeness (QED) is 0.829. The van der Waals surface area contributed by atoms with Gasteiger partial charge in [-0.15, -0.1) is 0 Å². The molecule has 0 saturated heterocycles. The van der Waals surface area contributed by atoms with Gasteiger partial charge in [-0.25, -0.2) is 0 Å². The van der Waals surface area contributed by atoms with E-state index in [2.05, 4.69) is 10.2 Å². The van der Waals surface area contributed by atoms with Gasteiger partial charge in [0.2, 0.25) is 11.7 Å². The summed E-state index contributed by atoms with van der Waals surface area (Å²) in [5.74, 6) is 1.51. The van der Waals surface area contributed by atoms with E-state index in [4.69, 9.17) is 14.2 Å². The van der Waals surface area contributed by atoms with E-state index in [1.807, 2.05) is 7.05 Å². The second kappa shape index (κ2) is 8.78. The van der Waals surface area contributed by atoms with Gasteiger partial charge < -0.3 is 19.5 Å². The van der Waals surface area contributed by atoms with Crippen LogP contribution >= 0.6 is 0 Å². The van der Waals surface area contributed by atoms with Gasteiger partial charge in [-0.2, -0.15) is 0 Å². The van der Waals surface area contributed by atoms with Crippen LogP contribution < -0.4 is 19.5 Å². The lowest BCUT2D eigenvalue weighted by Gasteiger charge is -2.30. The van der Waals surface area contributed by atoms with Gasteiger partial charge in [-0.3, -0.25) is 9.69 Å². The van der Waals surface area contributed by atoms with E-state index >= 15 is 0 Å². The summed E-state index contributed by atoms with van der Waals surface area (Å²) in [5, 5.41) is 2.92. The van der Waals surface area contributed by atoms with Crippen molar-refractivity contribution in [1.82, 2.24) is 4.90 Å². The van der Waals surface area contributed by atoms with Crippen molar-refractivity contribution in [2.45, 2.75) is 38.1 Å². The number of ether oxygens (including phenoxy) is 3. The molecule has 0 heterocycles. The van der Waals surface area contributed by atoms with Crippen LogP contribution in [-0.4, -0.2) is 51.8 Å². The molecule has 6 heteroatoms. The Morgan fingerprint density at radius 1 is 1.08 bits per heavy atom. The van der Waals surface area contributed by atoms with Gasteiger partial charge >= 0.3 is 0 Å². The predicted octanol–water partition coefficient (Wildman–Crippen LogP) is 2.92. The molecule has 6 nitrogen and oxygen atoms in total. The van der Waals surface area contributed by atoms with Gasteiger partial charge in [0.25, 0.3) is 0 Å². The van der Waals surface area contributed by atoms with Crippen molar-refractivity contribution >= 4 is 11.6 Å². The maximum Gasteiger partial charge on any atom is 0.238 e. The number of rotatable bonds is 7. The standard InChI is InChI=1S/C18H28N2O4/c1-20(14-8-6-5-7-9-14)12-17(21)19-13-10-15(22-2)18(24-4)16(11-13)23-3/h10-11,14H,5-9,12H2,1-4H3,(H,19,21). The number of methoxy groups -OCH3 is 3. The number of hydrogen-bond acceptors (Lipinski definition) is 5. The van der Waals surface area contributed by atoms with Crippen molar-refractivity contribution in [2.24, 2.45) is 0 Å². The fourth-order valence-electron chi connectivity index (χ4n) is 3.23. The van der Waals surface area contributed by atoms with E-state index in [1.165, 1.54) is 32.1 Å². The van der Waals surface area contributed by atoms with Gasteiger partial charge in [0, 0.05) is 23.9 Å². The number of carbonyl (C=O) groups is 1. The van der Waals surface area contributed by atoms with Gasteiger partial charge in [-0.1, -0.05) is 19.3 Å². The molecule has 2 rings (SSSR count). The number of likely N-dealkylation sites (N-methyl/N-ethyl adjacent to an activating group) is 1. The number of nitrogens with zero attached hydrogens (tertiary/aromatic N) is 1. The predicted molar refractivity (Wildman–Crippen MR) is 94.2 cm³/mol. The summed E-state index contributed by atoms with van der Waals surface area (Å²) in [5.41, 5.74) is 0.631. The van der Waals surface area contributed by atoms with Gasteiger partial charge in [0.1, 0.15) is 0 Å². The molecule has 0 radical (unpaired) electrons. The highest BCUT2D eigenvalue weighted by molar-refractivity contribution is 5.93. The second-order valence-corrected chi connectivity index (χ2v) is 6.17. The first-order valence-corrected chi connectivity index (χ1v) is 8.39. The molecular weight excluding hydrogens is 308 g/mol. The van der Waals surface area contributed by atoms with E-state index in [1.54, 1.807) is 33.5 Å². The smallest absolute Gasteiger partial charge is 0.238 e. The molecule has 1 saturated carbocycles. The van der Waals surface area contributed by atoms with Crippen LogP contribution in [0.5, 0.6) is 17.2 Å². The third-order valence-corrected chi connectivity index (χ3v) is 4.54. The van der Waals surface area contributed by atoms with Crippen LogP contribution in [0.4, 0.5) is 5.69 Å². The van der Waals surface area contributed by atoms with E-state index < -0.39 is 0 Å². The molecule has 1 aromatic carbocycles. The Morgan fingerprint density at radius 3 is 2.17 bits per heavy atom. The van der Waals surface area contributed by atoms with Crippen molar-refractivity contribution in [1.29, 1.82) is 0 Å². The summed E-state index contributed by atoms with van der Waals surface area (Å²) in [6.07, 6.45) is 6.16. The number of benzene rings is 1. The fourth-order valence-corrected chi connectivity index (χ4v) is 3.23. The molecule has 1 aromatic rings. The van der Waals surface area contributed by atoms with Gasteiger partial charge in [-0.05, 0) is 19.9 Å². The number of carbonyl (C=O) groups excluding carboxylic acids is 1. The molecule has 0 atom stereocenters. The minimum Gasteiger partial charge on any atom is -0.493 e. The second-order valence-electron chi connectivity index (χ2n) is 6.17. The molecule has 1 fully saturated rings. The summed E-state index contributed by atoms with van der Waals surface area (Å²) in [4.78, 5) is 14.5. The first-order valence-electron chi connectivity index (χ1n) is 8.39. The first kappa shape index (κ1) is 18.4. The van der Waals surface area contributed by atoms with Crippen LogP contribution in [0.1, 0.15) is 32.1 Å². The summed E-state index contributed by atoms with van der Waals surface area (Å²) in [6, 6.07) is 3.98. The third-order valence-electron chi connectivity index (χ3n) is 4.54. The average Bonchev–Trinajstić information content (AvgIpc) is 2.61. The third kappa shape index (κ3) is 4.54. The monoisotopic (exact) mass is 336 g/mol. The first-order chi connectivity index (χ1) is 11.6. The van der Waals surface area contributed by atoms with E-state index in [-0.39, 0.29) is 5.91 Å². The summed E-state index contributed by atoms with van der Waals surface area (Å²) in [7, 11) is 6.68. The van der Waals surface area contributed by atoms with E-state index in [0.29, 0.717) is 35.5 Å². The normalized spacial score (nSPS) is 15.2. The maximum absolute atomic E-state index is 12.4. The Morgan fingerprint density at radius 2 is 1.67 bits per heavy atom. The topological polar surface area (TPSA) is 60.0 Å². The van der Waals surface area contributed by atoms with Gasteiger partial charge in [0.05, 0.1) is 27.9 Å². The molecule has 1 amide bonds. The number of anilines is 1. The van der Waals surface area contributed by atoms with Crippen molar-refractivity contribution < 1.29 is 19.0 Å². The van der Waals surface area contributed by atoms with Crippen molar-refractivity contribution in [3.05, 3.63) is 12.1 Å². The maximum atomic E-state index is 12.4. The molecule has 24 heavy (non-hydrogen) atoms. The number of amides is 1. The molecule has 0 aliphatic heterocycles. The minimum absolute atomic E-state index is 0.0441. The SMILES string of the molecule is COc1cc(NC(=O)CN(C)C2CCCCC2)cc(OC)c1OC. The number of hydrogen-bond donors (Lipinski definition) is 1. The van der Waals surface area contributed by atoms with Gasteiger partial charge in [0.15, 0.2) is 11.5 Å². The molecule has 0 aromatic heterocycles. The summed E-state index contributed by atoms with van der Waals surface area (Å²) in [6.45, 7) is 0.376. The number of nitrogens with one attached hydrogen (secondary N) is 1. The Labute approximate surface area is 144 Å². The zero-order valence-corrected chi connectivity index (χ0v) is 15.1. The molecule has 1 aliphatic rings. The van der Waals surface area contributed by atoms with Crippen LogP contribution in [0, 0.1) is 0 Å². The lowest BCUT2D eigenvalue weighted by atomic mass is 9.94. The van der Waals surface area contributed by atoms with Crippen LogP contribution in [0.25, 0.3) is 0 Å². The molecule has 0 spiro atoms. The van der Waals surface area contributed by atoms with Crippen LogP contribution in [0.2, 0.25) is 0 Å². The lowest BCUT2D eigenvalue weighted by molar-refractivity contribution is -0.117. The van der Waals surface area contributed by atoms with Crippen molar-refractivity contribution in [3.63, 3.8) is 0 Å². The highest BCUT2D eigenvalue weighted by Crippen LogP contribution is 2.39. The van der Waals surface area contributed by atoms with Crippen LogP contribution in [0.3, 0.4) is 0 Å².